The van der Waals surface area contributed by atoms with Crippen LogP contribution in [0.4, 0.5) is 5.69 Å². The van der Waals surface area contributed by atoms with Crippen molar-refractivity contribution in [1.29, 1.82) is 0 Å². The Kier molecular flexibility index (Phi) is 4.00. The SMILES string of the molecule is CC1CC1C(=O)NCCC(=O)Nc1ccc2nc(C3CC3)sc2c1. The molecule has 1 aromatic carbocycles. The van der Waals surface area contributed by atoms with Gasteiger partial charge in [-0.15, -0.1) is 11.3 Å². The van der Waals surface area contributed by atoms with Crippen LogP contribution in [-0.4, -0.2) is 23.3 Å². The average Bonchev–Trinajstić information content (AvgIpc) is 3.46. The summed E-state index contributed by atoms with van der Waals surface area (Å²) in [6.07, 6.45) is 3.75. The lowest BCUT2D eigenvalue weighted by Gasteiger charge is -2.06. The van der Waals surface area contributed by atoms with E-state index in [1.54, 1.807) is 11.3 Å². The predicted molar refractivity (Wildman–Crippen MR) is 95.1 cm³/mol. The molecular formula is C18H21N3O2S. The Hall–Kier alpha value is -1.95. The number of hydrogen-bond donors (Lipinski definition) is 2. The van der Waals surface area contributed by atoms with Gasteiger partial charge < -0.3 is 10.6 Å². The van der Waals surface area contributed by atoms with Gasteiger partial charge in [-0.05, 0) is 43.4 Å². The fourth-order valence-corrected chi connectivity index (χ4v) is 4.04. The fourth-order valence-electron chi connectivity index (χ4n) is 2.87. The number of benzene rings is 1. The molecule has 1 aromatic heterocycles. The Labute approximate surface area is 144 Å². The minimum absolute atomic E-state index is 0.0778. The van der Waals surface area contributed by atoms with Crippen LogP contribution in [0, 0.1) is 11.8 Å². The number of fused-ring (bicyclic) bond motifs is 1. The Morgan fingerprint density at radius 1 is 1.33 bits per heavy atom. The van der Waals surface area contributed by atoms with Crippen LogP contribution in [-0.2, 0) is 9.59 Å². The lowest BCUT2D eigenvalue weighted by Crippen LogP contribution is -2.29. The van der Waals surface area contributed by atoms with Crippen LogP contribution >= 0.6 is 11.3 Å². The van der Waals surface area contributed by atoms with Crippen molar-refractivity contribution < 1.29 is 9.59 Å². The first-order valence-corrected chi connectivity index (χ1v) is 9.40. The highest BCUT2D eigenvalue weighted by Gasteiger charge is 2.38. The second kappa shape index (κ2) is 6.16. The molecule has 24 heavy (non-hydrogen) atoms. The molecule has 0 bridgehead atoms. The second-order valence-corrected chi connectivity index (χ2v) is 7.98. The molecule has 6 heteroatoms. The molecule has 2 aromatic rings. The number of amides is 2. The number of carbonyl (C=O) groups is 2. The van der Waals surface area contributed by atoms with Gasteiger partial charge >= 0.3 is 0 Å². The van der Waals surface area contributed by atoms with Crippen LogP contribution in [0.3, 0.4) is 0 Å². The fraction of sp³-hybridized carbons (Fsp3) is 0.500. The molecule has 2 saturated carbocycles. The highest BCUT2D eigenvalue weighted by Crippen LogP contribution is 2.43. The van der Waals surface area contributed by atoms with Crippen LogP contribution in [0.2, 0.25) is 0 Å². The van der Waals surface area contributed by atoms with Gasteiger partial charge in [0.05, 0.1) is 15.2 Å². The van der Waals surface area contributed by atoms with Crippen LogP contribution in [0.1, 0.15) is 43.5 Å². The Morgan fingerprint density at radius 3 is 2.83 bits per heavy atom. The van der Waals surface area contributed by atoms with Crippen molar-refractivity contribution >= 4 is 39.1 Å². The number of carbonyl (C=O) groups excluding carboxylic acids is 2. The summed E-state index contributed by atoms with van der Waals surface area (Å²) in [6, 6.07) is 5.84. The Bertz CT molecular complexity index is 797. The van der Waals surface area contributed by atoms with Gasteiger partial charge in [0.15, 0.2) is 0 Å². The Morgan fingerprint density at radius 2 is 2.12 bits per heavy atom. The average molecular weight is 343 g/mol. The number of hydrogen-bond acceptors (Lipinski definition) is 4. The van der Waals surface area contributed by atoms with Crippen molar-refractivity contribution in [3.05, 3.63) is 23.2 Å². The van der Waals surface area contributed by atoms with E-state index < -0.39 is 0 Å². The molecule has 5 nitrogen and oxygen atoms in total. The zero-order valence-electron chi connectivity index (χ0n) is 13.7. The molecule has 2 aliphatic rings. The van der Waals surface area contributed by atoms with Crippen molar-refractivity contribution in [2.24, 2.45) is 11.8 Å². The molecule has 1 heterocycles. The molecule has 2 fully saturated rings. The van der Waals surface area contributed by atoms with Gasteiger partial charge in [-0.1, -0.05) is 6.92 Å². The highest BCUT2D eigenvalue weighted by molar-refractivity contribution is 7.18. The van der Waals surface area contributed by atoms with Gasteiger partial charge in [-0.25, -0.2) is 4.98 Å². The van der Waals surface area contributed by atoms with E-state index in [0.29, 0.717) is 24.8 Å². The quantitative estimate of drug-likeness (QED) is 0.845. The highest BCUT2D eigenvalue weighted by atomic mass is 32.1. The maximum atomic E-state index is 12.0. The van der Waals surface area contributed by atoms with E-state index >= 15 is 0 Å². The minimum Gasteiger partial charge on any atom is -0.355 e. The molecule has 0 saturated heterocycles. The first-order chi connectivity index (χ1) is 11.6. The van der Waals surface area contributed by atoms with Crippen LogP contribution in [0.25, 0.3) is 10.2 Å². The van der Waals surface area contributed by atoms with E-state index in [2.05, 4.69) is 22.5 Å². The van der Waals surface area contributed by atoms with Gasteiger partial charge in [0.1, 0.15) is 0 Å². The normalized spacial score (nSPS) is 22.4. The summed E-state index contributed by atoms with van der Waals surface area (Å²) in [6.45, 7) is 2.46. The Balaban J connectivity index is 1.30. The summed E-state index contributed by atoms with van der Waals surface area (Å²) >= 11 is 1.72. The van der Waals surface area contributed by atoms with Gasteiger partial charge in [-0.2, -0.15) is 0 Å². The minimum atomic E-state index is -0.0783. The van der Waals surface area contributed by atoms with E-state index in [-0.39, 0.29) is 17.7 Å². The topological polar surface area (TPSA) is 71.1 Å². The van der Waals surface area contributed by atoms with Gasteiger partial charge in [-0.3, -0.25) is 9.59 Å². The van der Waals surface area contributed by atoms with Gasteiger partial charge in [0, 0.05) is 30.5 Å². The van der Waals surface area contributed by atoms with E-state index in [9.17, 15) is 9.59 Å². The van der Waals surface area contributed by atoms with Crippen molar-refractivity contribution in [3.8, 4) is 0 Å². The number of nitrogens with one attached hydrogen (secondary N) is 2. The smallest absolute Gasteiger partial charge is 0.226 e. The number of anilines is 1. The molecule has 0 aliphatic heterocycles. The summed E-state index contributed by atoms with van der Waals surface area (Å²) < 4.78 is 1.12. The molecule has 126 valence electrons. The van der Waals surface area contributed by atoms with Crippen LogP contribution in [0.5, 0.6) is 0 Å². The second-order valence-electron chi connectivity index (χ2n) is 6.92. The van der Waals surface area contributed by atoms with E-state index in [1.165, 1.54) is 17.8 Å². The maximum Gasteiger partial charge on any atom is 0.226 e. The van der Waals surface area contributed by atoms with Crippen molar-refractivity contribution in [2.45, 2.75) is 38.5 Å². The van der Waals surface area contributed by atoms with Crippen LogP contribution in [0.15, 0.2) is 18.2 Å². The molecule has 2 unspecified atom stereocenters. The number of thiazole rings is 1. The van der Waals surface area contributed by atoms with Crippen molar-refractivity contribution in [1.82, 2.24) is 10.3 Å². The lowest BCUT2D eigenvalue weighted by molar-refractivity contribution is -0.122. The van der Waals surface area contributed by atoms with E-state index in [0.717, 1.165) is 22.3 Å². The van der Waals surface area contributed by atoms with Crippen molar-refractivity contribution in [3.63, 3.8) is 0 Å². The zero-order valence-corrected chi connectivity index (χ0v) is 14.5. The van der Waals surface area contributed by atoms with E-state index in [4.69, 9.17) is 0 Å². The summed E-state index contributed by atoms with van der Waals surface area (Å²) in [5, 5.41) is 6.95. The summed E-state index contributed by atoms with van der Waals surface area (Å²) in [5.41, 5.74) is 1.80. The van der Waals surface area contributed by atoms with E-state index in [1.807, 2.05) is 18.2 Å². The lowest BCUT2D eigenvalue weighted by atomic mass is 10.2. The van der Waals surface area contributed by atoms with Gasteiger partial charge in [0.2, 0.25) is 11.8 Å². The standard InChI is InChI=1S/C18H21N3O2S/c1-10-8-13(10)17(23)19-7-6-16(22)20-12-4-5-14-15(9-12)24-18(21-14)11-2-3-11/h4-5,9-11,13H,2-3,6-8H2,1H3,(H,19,23)(H,20,22). The molecule has 0 radical (unpaired) electrons. The third kappa shape index (κ3) is 3.43. The number of nitrogens with zero attached hydrogens (tertiary/aromatic N) is 1. The predicted octanol–water partition coefficient (Wildman–Crippen LogP) is 3.27. The summed E-state index contributed by atoms with van der Waals surface area (Å²) in [4.78, 5) is 28.4. The molecule has 4 rings (SSSR count). The largest absolute Gasteiger partial charge is 0.355 e. The molecule has 2 amide bonds. The van der Waals surface area contributed by atoms with Crippen LogP contribution < -0.4 is 10.6 Å². The molecular weight excluding hydrogens is 322 g/mol. The molecule has 0 spiro atoms. The molecule has 2 aliphatic carbocycles. The zero-order chi connectivity index (χ0) is 16.7. The third-order valence-electron chi connectivity index (χ3n) is 4.71. The first kappa shape index (κ1) is 15.6. The summed E-state index contributed by atoms with van der Waals surface area (Å²) in [7, 11) is 0. The van der Waals surface area contributed by atoms with Gasteiger partial charge in [0.25, 0.3) is 0 Å². The monoisotopic (exact) mass is 343 g/mol. The molecule has 2 N–H and O–H groups in total. The number of aromatic nitrogens is 1. The maximum absolute atomic E-state index is 12.0. The molecule has 2 atom stereocenters. The number of rotatable bonds is 6. The third-order valence-corrected chi connectivity index (χ3v) is 5.89. The summed E-state index contributed by atoms with van der Waals surface area (Å²) in [5.74, 6) is 1.30. The van der Waals surface area contributed by atoms with Crippen molar-refractivity contribution in [2.75, 3.05) is 11.9 Å². The first-order valence-electron chi connectivity index (χ1n) is 8.58.